The number of ether oxygens (including phenoxy) is 1. The minimum atomic E-state index is 0.731. The molecule has 0 aliphatic heterocycles. The fourth-order valence-electron chi connectivity index (χ4n) is 9.77. The van der Waals surface area contributed by atoms with Gasteiger partial charge in [0, 0.05) is 39.5 Å². The lowest BCUT2D eigenvalue weighted by Crippen LogP contribution is -2.00. The molecule has 0 spiro atoms. The first-order valence-electron chi connectivity index (χ1n) is 20.1. The molecule has 5 heterocycles. The minimum absolute atomic E-state index is 0.731. The molecule has 0 unspecified atom stereocenters. The van der Waals surface area contributed by atoms with Crippen molar-refractivity contribution in [3.8, 4) is 33.8 Å². The zero-order valence-corrected chi connectivity index (χ0v) is 33.1. The summed E-state index contributed by atoms with van der Waals surface area (Å²) in [5.41, 5.74) is 18.0. The van der Waals surface area contributed by atoms with E-state index >= 15 is 0 Å². The summed E-state index contributed by atoms with van der Waals surface area (Å²) in [6.07, 6.45) is 3.79. The number of rotatable bonds is 4. The van der Waals surface area contributed by atoms with Crippen LogP contribution in [0.5, 0.6) is 11.5 Å². The van der Waals surface area contributed by atoms with E-state index in [2.05, 4.69) is 169 Å². The standard InChI is InChI=1S/C53H37N5O/c1-30-11-9-12-31(2)48(30)39-24-23-38-36-21-19-34(27-40(36)53-56-44-16-6-8-18-47(44)58(53)51(38)50(39)49-32(3)13-10-14-33(49)4)59-35-20-22-37-41(28-35)52-55-43-15-5-7-17-46(43)57(52)45-25-26-54-29-42(37)45/h5-29H,1-4H3. The molecule has 0 saturated heterocycles. The number of pyridine rings is 3. The molecule has 280 valence electrons. The second-order valence-corrected chi connectivity index (χ2v) is 15.8. The summed E-state index contributed by atoms with van der Waals surface area (Å²) in [6.45, 7) is 8.91. The maximum absolute atomic E-state index is 6.80. The highest BCUT2D eigenvalue weighted by Gasteiger charge is 2.24. The average Bonchev–Trinajstić information content (AvgIpc) is 3.84. The highest BCUT2D eigenvalue weighted by molar-refractivity contribution is 6.20. The van der Waals surface area contributed by atoms with Crippen molar-refractivity contribution in [3.05, 3.63) is 174 Å². The zero-order chi connectivity index (χ0) is 39.5. The van der Waals surface area contributed by atoms with E-state index in [1.165, 1.54) is 44.5 Å². The van der Waals surface area contributed by atoms with Gasteiger partial charge in [-0.25, -0.2) is 9.97 Å². The molecule has 0 saturated carbocycles. The number of fused-ring (bicyclic) bond motifs is 16. The normalized spacial score (nSPS) is 12.1. The van der Waals surface area contributed by atoms with Crippen LogP contribution in [0, 0.1) is 27.7 Å². The number of benzene rings is 7. The van der Waals surface area contributed by atoms with Crippen molar-refractivity contribution in [1.82, 2.24) is 23.8 Å². The van der Waals surface area contributed by atoms with Gasteiger partial charge >= 0.3 is 0 Å². The lowest BCUT2D eigenvalue weighted by Gasteiger charge is -2.22. The van der Waals surface area contributed by atoms with E-state index < -0.39 is 0 Å². The number of aryl methyl sites for hydroxylation is 4. The van der Waals surface area contributed by atoms with Crippen LogP contribution in [0.25, 0.3) is 99.0 Å². The highest BCUT2D eigenvalue weighted by atomic mass is 16.5. The monoisotopic (exact) mass is 759 g/mol. The number of hydrogen-bond donors (Lipinski definition) is 0. The summed E-state index contributed by atoms with van der Waals surface area (Å²) in [5, 5.41) is 6.47. The van der Waals surface area contributed by atoms with Crippen LogP contribution in [0.3, 0.4) is 0 Å². The number of para-hydroxylation sites is 4. The summed E-state index contributed by atoms with van der Waals surface area (Å²) in [6, 6.07) is 49.4. The van der Waals surface area contributed by atoms with Gasteiger partial charge in [-0.05, 0) is 144 Å². The molecule has 0 N–H and O–H groups in total. The fourth-order valence-corrected chi connectivity index (χ4v) is 9.77. The third-order valence-electron chi connectivity index (χ3n) is 12.3. The van der Waals surface area contributed by atoms with Crippen molar-refractivity contribution in [2.45, 2.75) is 27.7 Å². The fraction of sp³-hybridized carbons (Fsp3) is 0.0755. The number of hydrogen-bond acceptors (Lipinski definition) is 4. The molecule has 5 aromatic heterocycles. The lowest BCUT2D eigenvalue weighted by atomic mass is 9.84. The molecule has 6 heteroatoms. The molecular formula is C53H37N5O. The predicted octanol–water partition coefficient (Wildman–Crippen LogP) is 13.7. The number of nitrogens with zero attached hydrogens (tertiary/aromatic N) is 5. The Balaban J connectivity index is 1.12. The van der Waals surface area contributed by atoms with Gasteiger partial charge in [0.2, 0.25) is 0 Å². The Morgan fingerprint density at radius 3 is 1.61 bits per heavy atom. The van der Waals surface area contributed by atoms with Crippen molar-refractivity contribution in [3.63, 3.8) is 0 Å². The Bertz CT molecular complexity index is 3720. The Morgan fingerprint density at radius 1 is 0.424 bits per heavy atom. The van der Waals surface area contributed by atoms with E-state index in [4.69, 9.17) is 14.7 Å². The van der Waals surface area contributed by atoms with E-state index in [0.29, 0.717) is 0 Å². The number of imidazole rings is 2. The van der Waals surface area contributed by atoms with Crippen molar-refractivity contribution in [2.24, 2.45) is 0 Å². The molecule has 12 rings (SSSR count). The van der Waals surface area contributed by atoms with Crippen molar-refractivity contribution in [1.29, 1.82) is 0 Å². The average molecular weight is 760 g/mol. The molecule has 6 nitrogen and oxygen atoms in total. The summed E-state index contributed by atoms with van der Waals surface area (Å²) in [7, 11) is 0. The van der Waals surface area contributed by atoms with Gasteiger partial charge in [0.25, 0.3) is 0 Å². The molecule has 0 aliphatic carbocycles. The van der Waals surface area contributed by atoms with Crippen LogP contribution in [0.2, 0.25) is 0 Å². The zero-order valence-electron chi connectivity index (χ0n) is 33.1. The molecule has 0 bridgehead atoms. The van der Waals surface area contributed by atoms with Crippen LogP contribution < -0.4 is 4.74 Å². The first-order chi connectivity index (χ1) is 28.9. The first kappa shape index (κ1) is 33.6. The third kappa shape index (κ3) is 4.83. The smallest absolute Gasteiger partial charge is 0.146 e. The van der Waals surface area contributed by atoms with E-state index in [0.717, 1.165) is 88.2 Å². The van der Waals surface area contributed by atoms with Gasteiger partial charge in [-0.15, -0.1) is 0 Å². The van der Waals surface area contributed by atoms with Crippen LogP contribution in [0.15, 0.2) is 152 Å². The maximum atomic E-state index is 6.80. The molecular weight excluding hydrogens is 723 g/mol. The van der Waals surface area contributed by atoms with Gasteiger partial charge in [-0.3, -0.25) is 13.8 Å². The summed E-state index contributed by atoms with van der Waals surface area (Å²) < 4.78 is 11.4. The first-order valence-corrected chi connectivity index (χ1v) is 20.1. The van der Waals surface area contributed by atoms with Gasteiger partial charge in [0.1, 0.15) is 22.8 Å². The van der Waals surface area contributed by atoms with Crippen LogP contribution in [0.4, 0.5) is 0 Å². The van der Waals surface area contributed by atoms with Crippen LogP contribution in [-0.4, -0.2) is 23.8 Å². The van der Waals surface area contributed by atoms with Crippen LogP contribution in [-0.2, 0) is 0 Å². The second kappa shape index (κ2) is 12.5. The Kier molecular flexibility index (Phi) is 7.09. The van der Waals surface area contributed by atoms with E-state index in [1.807, 2.05) is 24.5 Å². The minimum Gasteiger partial charge on any atom is -0.457 e. The van der Waals surface area contributed by atoms with Crippen molar-refractivity contribution < 1.29 is 4.74 Å². The quantitative estimate of drug-likeness (QED) is 0.168. The molecule has 59 heavy (non-hydrogen) atoms. The Hall–Kier alpha value is -7.57. The van der Waals surface area contributed by atoms with Gasteiger partial charge in [0.15, 0.2) is 0 Å². The van der Waals surface area contributed by atoms with E-state index in [-0.39, 0.29) is 0 Å². The SMILES string of the molecule is Cc1cccc(C)c1-c1ccc2c3ccc(Oc4ccc5c6cnccc6n6c7ccccc7nc6c5c4)cc3c3nc4ccccc4n3c2c1-c1c(C)cccc1C. The third-order valence-corrected chi connectivity index (χ3v) is 12.3. The van der Waals surface area contributed by atoms with Crippen molar-refractivity contribution in [2.75, 3.05) is 0 Å². The molecule has 12 aromatic rings. The molecule has 0 amide bonds. The largest absolute Gasteiger partial charge is 0.457 e. The molecule has 0 radical (unpaired) electrons. The lowest BCUT2D eigenvalue weighted by molar-refractivity contribution is 0.484. The maximum Gasteiger partial charge on any atom is 0.146 e. The Morgan fingerprint density at radius 2 is 0.966 bits per heavy atom. The van der Waals surface area contributed by atoms with Gasteiger partial charge in [0.05, 0.1) is 33.1 Å². The molecule has 0 fully saturated rings. The second-order valence-electron chi connectivity index (χ2n) is 15.8. The highest BCUT2D eigenvalue weighted by Crippen LogP contribution is 2.46. The molecule has 0 atom stereocenters. The van der Waals surface area contributed by atoms with Crippen molar-refractivity contribution >= 4 is 76.7 Å². The summed E-state index contributed by atoms with van der Waals surface area (Å²) >= 11 is 0. The summed E-state index contributed by atoms with van der Waals surface area (Å²) in [5.74, 6) is 1.47. The molecule has 7 aromatic carbocycles. The Labute approximate surface area is 339 Å². The van der Waals surface area contributed by atoms with Crippen LogP contribution >= 0.6 is 0 Å². The molecule has 0 aliphatic rings. The van der Waals surface area contributed by atoms with Crippen LogP contribution in [0.1, 0.15) is 22.3 Å². The van der Waals surface area contributed by atoms with Gasteiger partial charge < -0.3 is 4.74 Å². The number of aromatic nitrogens is 5. The summed E-state index contributed by atoms with van der Waals surface area (Å²) in [4.78, 5) is 15.0. The van der Waals surface area contributed by atoms with E-state index in [1.54, 1.807) is 0 Å². The predicted molar refractivity (Wildman–Crippen MR) is 243 cm³/mol. The van der Waals surface area contributed by atoms with Gasteiger partial charge in [-0.2, -0.15) is 0 Å². The van der Waals surface area contributed by atoms with Gasteiger partial charge in [-0.1, -0.05) is 72.8 Å². The topological polar surface area (TPSA) is 56.7 Å². The van der Waals surface area contributed by atoms with E-state index in [9.17, 15) is 0 Å².